The molecular formula is C16H17N3O2S. The van der Waals surface area contributed by atoms with E-state index in [0.717, 1.165) is 22.4 Å². The number of aromatic nitrogens is 2. The van der Waals surface area contributed by atoms with Crippen molar-refractivity contribution in [1.82, 2.24) is 14.7 Å². The first kappa shape index (κ1) is 14.7. The maximum atomic E-state index is 12.1. The molecule has 3 rings (SSSR count). The van der Waals surface area contributed by atoms with E-state index >= 15 is 0 Å². The van der Waals surface area contributed by atoms with Crippen LogP contribution in [-0.4, -0.2) is 24.4 Å². The summed E-state index contributed by atoms with van der Waals surface area (Å²) in [5, 5.41) is 0. The van der Waals surface area contributed by atoms with Crippen molar-refractivity contribution in [2.75, 3.05) is 0 Å². The van der Waals surface area contributed by atoms with Gasteiger partial charge in [0, 0.05) is 11.6 Å². The molecule has 1 heterocycles. The highest BCUT2D eigenvalue weighted by atomic mass is 32.2. The average molecular weight is 315 g/mol. The van der Waals surface area contributed by atoms with Gasteiger partial charge in [-0.05, 0) is 50.2 Å². The largest absolute Gasteiger partial charge is 0.338 e. The number of hydrogen-bond acceptors (Lipinski definition) is 3. The number of rotatable bonds is 4. The van der Waals surface area contributed by atoms with Crippen LogP contribution in [0.4, 0.5) is 0 Å². The third-order valence-electron chi connectivity index (χ3n) is 3.22. The second-order valence-corrected chi connectivity index (χ2v) is 7.12. The summed E-state index contributed by atoms with van der Waals surface area (Å²) >= 11 is 0. The van der Waals surface area contributed by atoms with E-state index in [-0.39, 0.29) is 10.9 Å². The van der Waals surface area contributed by atoms with Gasteiger partial charge in [-0.25, -0.2) is 18.1 Å². The molecule has 0 unspecified atom stereocenters. The molecule has 114 valence electrons. The number of aromatic amines is 1. The number of fused-ring (bicyclic) bond motifs is 1. The SMILES string of the molecule is CC(C)NS(=O)(=O)c1ccc(-c2nc3ccccc3[nH]2)cc1. The highest BCUT2D eigenvalue weighted by molar-refractivity contribution is 7.89. The Labute approximate surface area is 129 Å². The molecule has 0 saturated carbocycles. The predicted octanol–water partition coefficient (Wildman–Crippen LogP) is 2.92. The Balaban J connectivity index is 1.94. The van der Waals surface area contributed by atoms with Gasteiger partial charge in [-0.2, -0.15) is 0 Å². The molecule has 0 fully saturated rings. The van der Waals surface area contributed by atoms with Crippen molar-refractivity contribution >= 4 is 21.1 Å². The van der Waals surface area contributed by atoms with Gasteiger partial charge in [-0.15, -0.1) is 0 Å². The lowest BCUT2D eigenvalue weighted by molar-refractivity contribution is 0.570. The van der Waals surface area contributed by atoms with Gasteiger partial charge in [0.1, 0.15) is 5.82 Å². The van der Waals surface area contributed by atoms with Gasteiger partial charge in [-0.3, -0.25) is 0 Å². The van der Waals surface area contributed by atoms with Crippen LogP contribution in [0.1, 0.15) is 13.8 Å². The number of hydrogen-bond donors (Lipinski definition) is 2. The third kappa shape index (κ3) is 2.88. The third-order valence-corrected chi connectivity index (χ3v) is 4.89. The van der Waals surface area contributed by atoms with E-state index in [4.69, 9.17) is 0 Å². The summed E-state index contributed by atoms with van der Waals surface area (Å²) in [4.78, 5) is 7.98. The fourth-order valence-corrected chi connectivity index (χ4v) is 3.51. The molecule has 1 aromatic heterocycles. The number of benzene rings is 2. The van der Waals surface area contributed by atoms with Crippen molar-refractivity contribution in [2.45, 2.75) is 24.8 Å². The maximum absolute atomic E-state index is 12.1. The minimum Gasteiger partial charge on any atom is -0.338 e. The van der Waals surface area contributed by atoms with Gasteiger partial charge in [0.05, 0.1) is 15.9 Å². The summed E-state index contributed by atoms with van der Waals surface area (Å²) in [6.07, 6.45) is 0. The predicted molar refractivity (Wildman–Crippen MR) is 87.0 cm³/mol. The van der Waals surface area contributed by atoms with Crippen LogP contribution >= 0.6 is 0 Å². The van der Waals surface area contributed by atoms with Crippen LogP contribution < -0.4 is 4.72 Å². The average Bonchev–Trinajstić information content (AvgIpc) is 2.90. The zero-order valence-corrected chi connectivity index (χ0v) is 13.2. The Morgan fingerprint density at radius 1 is 1.05 bits per heavy atom. The summed E-state index contributed by atoms with van der Waals surface area (Å²) in [6, 6.07) is 14.3. The molecule has 0 aliphatic heterocycles. The fourth-order valence-electron chi connectivity index (χ4n) is 2.26. The van der Waals surface area contributed by atoms with Crippen LogP contribution in [0.15, 0.2) is 53.4 Å². The normalized spacial score (nSPS) is 12.1. The van der Waals surface area contributed by atoms with Crippen molar-refractivity contribution < 1.29 is 8.42 Å². The number of nitrogens with one attached hydrogen (secondary N) is 2. The molecular weight excluding hydrogens is 298 g/mol. The highest BCUT2D eigenvalue weighted by Crippen LogP contribution is 2.22. The van der Waals surface area contributed by atoms with E-state index in [0.29, 0.717) is 0 Å². The zero-order valence-electron chi connectivity index (χ0n) is 12.4. The Kier molecular flexibility index (Phi) is 3.72. The Hall–Kier alpha value is -2.18. The van der Waals surface area contributed by atoms with Gasteiger partial charge in [0.15, 0.2) is 0 Å². The van der Waals surface area contributed by atoms with Crippen LogP contribution in [-0.2, 0) is 10.0 Å². The number of imidazole rings is 1. The lowest BCUT2D eigenvalue weighted by atomic mass is 10.2. The molecule has 6 heteroatoms. The summed E-state index contributed by atoms with van der Waals surface area (Å²) in [5.41, 5.74) is 2.69. The molecule has 3 aromatic rings. The quantitative estimate of drug-likeness (QED) is 0.777. The minimum atomic E-state index is -3.46. The van der Waals surface area contributed by atoms with Crippen molar-refractivity contribution in [3.05, 3.63) is 48.5 Å². The molecule has 22 heavy (non-hydrogen) atoms. The summed E-state index contributed by atoms with van der Waals surface area (Å²) in [7, 11) is -3.46. The van der Waals surface area contributed by atoms with Gasteiger partial charge in [0.2, 0.25) is 10.0 Å². The first-order valence-corrected chi connectivity index (χ1v) is 8.51. The van der Waals surface area contributed by atoms with Crippen LogP contribution in [0.2, 0.25) is 0 Å². The van der Waals surface area contributed by atoms with Crippen molar-refractivity contribution in [1.29, 1.82) is 0 Å². The monoisotopic (exact) mass is 315 g/mol. The summed E-state index contributed by atoms with van der Waals surface area (Å²) < 4.78 is 26.8. The fraction of sp³-hybridized carbons (Fsp3) is 0.188. The van der Waals surface area contributed by atoms with Gasteiger partial charge >= 0.3 is 0 Å². The van der Waals surface area contributed by atoms with Crippen molar-refractivity contribution in [2.24, 2.45) is 0 Å². The standard InChI is InChI=1S/C16H17N3O2S/c1-11(2)19-22(20,21)13-9-7-12(8-10-13)16-17-14-5-3-4-6-15(14)18-16/h3-11,19H,1-2H3,(H,17,18). The number of H-pyrrole nitrogens is 1. The minimum absolute atomic E-state index is 0.139. The van der Waals surface area contributed by atoms with Crippen LogP contribution in [0, 0.1) is 0 Å². The molecule has 0 radical (unpaired) electrons. The molecule has 0 saturated heterocycles. The van der Waals surface area contributed by atoms with Gasteiger partial charge < -0.3 is 4.98 Å². The second-order valence-electron chi connectivity index (χ2n) is 5.40. The molecule has 5 nitrogen and oxygen atoms in total. The van der Waals surface area contributed by atoms with Crippen LogP contribution in [0.25, 0.3) is 22.4 Å². The topological polar surface area (TPSA) is 74.8 Å². The van der Waals surface area contributed by atoms with Gasteiger partial charge in [-0.1, -0.05) is 12.1 Å². The summed E-state index contributed by atoms with van der Waals surface area (Å²) in [5.74, 6) is 0.724. The van der Waals surface area contributed by atoms with Gasteiger partial charge in [0.25, 0.3) is 0 Å². The molecule has 0 aliphatic rings. The summed E-state index contributed by atoms with van der Waals surface area (Å²) in [6.45, 7) is 3.58. The van der Waals surface area contributed by atoms with E-state index < -0.39 is 10.0 Å². The van der Waals surface area contributed by atoms with Crippen molar-refractivity contribution in [3.8, 4) is 11.4 Å². The van der Waals surface area contributed by atoms with E-state index in [1.54, 1.807) is 38.1 Å². The van der Waals surface area contributed by atoms with E-state index in [1.165, 1.54) is 0 Å². The molecule has 0 spiro atoms. The number of para-hydroxylation sites is 2. The molecule has 2 aromatic carbocycles. The lowest BCUT2D eigenvalue weighted by Crippen LogP contribution is -2.30. The van der Waals surface area contributed by atoms with Crippen molar-refractivity contribution in [3.63, 3.8) is 0 Å². The Morgan fingerprint density at radius 2 is 1.73 bits per heavy atom. The number of sulfonamides is 1. The molecule has 0 aliphatic carbocycles. The first-order valence-electron chi connectivity index (χ1n) is 7.03. The highest BCUT2D eigenvalue weighted by Gasteiger charge is 2.15. The number of nitrogens with zero attached hydrogens (tertiary/aromatic N) is 1. The van der Waals surface area contributed by atoms with Crippen LogP contribution in [0.3, 0.4) is 0 Å². The Morgan fingerprint density at radius 3 is 2.36 bits per heavy atom. The Bertz CT molecular complexity index is 864. The van der Waals surface area contributed by atoms with E-state index in [1.807, 2.05) is 24.3 Å². The molecule has 0 amide bonds. The molecule has 2 N–H and O–H groups in total. The van der Waals surface area contributed by atoms with Crippen LogP contribution in [0.5, 0.6) is 0 Å². The van der Waals surface area contributed by atoms with E-state index in [9.17, 15) is 8.42 Å². The zero-order chi connectivity index (χ0) is 15.7. The smallest absolute Gasteiger partial charge is 0.240 e. The molecule has 0 atom stereocenters. The second kappa shape index (κ2) is 5.55. The van der Waals surface area contributed by atoms with E-state index in [2.05, 4.69) is 14.7 Å². The maximum Gasteiger partial charge on any atom is 0.240 e. The molecule has 0 bridgehead atoms. The lowest BCUT2D eigenvalue weighted by Gasteiger charge is -2.09. The first-order chi connectivity index (χ1) is 10.5.